The molecular formula is C16H33NO3. The van der Waals surface area contributed by atoms with Crippen molar-refractivity contribution in [3.05, 3.63) is 0 Å². The fraction of sp³-hybridized carbons (Fsp3) is 1.00. The second kappa shape index (κ2) is 9.72. The summed E-state index contributed by atoms with van der Waals surface area (Å²) in [5.74, 6) is 1.07. The van der Waals surface area contributed by atoms with Crippen molar-refractivity contribution in [2.75, 3.05) is 19.8 Å². The molecule has 0 aliphatic heterocycles. The molecule has 4 atom stereocenters. The lowest BCUT2D eigenvalue weighted by molar-refractivity contribution is -0.0459. The van der Waals surface area contributed by atoms with E-state index in [0.29, 0.717) is 31.1 Å². The molecule has 1 rings (SSSR count). The summed E-state index contributed by atoms with van der Waals surface area (Å²) >= 11 is 0. The molecule has 0 aromatic heterocycles. The van der Waals surface area contributed by atoms with Gasteiger partial charge in [-0.05, 0) is 31.1 Å². The standard InChI is InChI=1S/C16H33NO3/c1-12(2)15(8-9-18)17-10-14(19)11-20-16-7-5-4-6-13(16)3/h12-19H,4-11H2,1-3H3. The van der Waals surface area contributed by atoms with Gasteiger partial charge in [0.25, 0.3) is 0 Å². The normalized spacial score (nSPS) is 26.7. The first-order valence-corrected chi connectivity index (χ1v) is 8.18. The highest BCUT2D eigenvalue weighted by molar-refractivity contribution is 4.75. The van der Waals surface area contributed by atoms with Gasteiger partial charge in [0.2, 0.25) is 0 Å². The number of nitrogens with one attached hydrogen (secondary N) is 1. The lowest BCUT2D eigenvalue weighted by Gasteiger charge is -2.30. The van der Waals surface area contributed by atoms with E-state index in [2.05, 4.69) is 26.1 Å². The molecule has 1 saturated carbocycles. The summed E-state index contributed by atoms with van der Waals surface area (Å²) in [6.45, 7) is 7.61. The zero-order valence-corrected chi connectivity index (χ0v) is 13.3. The van der Waals surface area contributed by atoms with Crippen molar-refractivity contribution in [1.82, 2.24) is 5.32 Å². The molecule has 0 aromatic rings. The third-order valence-corrected chi connectivity index (χ3v) is 4.40. The molecule has 4 nitrogen and oxygen atoms in total. The lowest BCUT2D eigenvalue weighted by Crippen LogP contribution is -2.41. The molecule has 1 aliphatic rings. The molecule has 1 fully saturated rings. The van der Waals surface area contributed by atoms with Crippen LogP contribution < -0.4 is 5.32 Å². The fourth-order valence-electron chi connectivity index (χ4n) is 2.92. The van der Waals surface area contributed by atoms with E-state index in [0.717, 1.165) is 12.8 Å². The molecule has 0 spiro atoms. The highest BCUT2D eigenvalue weighted by Gasteiger charge is 2.23. The van der Waals surface area contributed by atoms with E-state index < -0.39 is 6.10 Å². The molecule has 120 valence electrons. The Labute approximate surface area is 123 Å². The fourth-order valence-corrected chi connectivity index (χ4v) is 2.92. The van der Waals surface area contributed by atoms with Crippen LogP contribution in [0.5, 0.6) is 0 Å². The van der Waals surface area contributed by atoms with Crippen molar-refractivity contribution in [3.63, 3.8) is 0 Å². The number of aliphatic hydroxyl groups excluding tert-OH is 2. The molecule has 1 aliphatic carbocycles. The largest absolute Gasteiger partial charge is 0.396 e. The first-order valence-electron chi connectivity index (χ1n) is 8.18. The van der Waals surface area contributed by atoms with E-state index in [1.165, 1.54) is 19.3 Å². The van der Waals surface area contributed by atoms with E-state index in [4.69, 9.17) is 9.84 Å². The number of aliphatic hydroxyl groups is 2. The van der Waals surface area contributed by atoms with Crippen LogP contribution in [0.3, 0.4) is 0 Å². The quantitative estimate of drug-likeness (QED) is 0.606. The Balaban J connectivity index is 2.20. The van der Waals surface area contributed by atoms with Crippen LogP contribution in [0, 0.1) is 11.8 Å². The Bertz CT molecular complexity index is 240. The van der Waals surface area contributed by atoms with Crippen LogP contribution in [0.4, 0.5) is 0 Å². The summed E-state index contributed by atoms with van der Waals surface area (Å²) in [5, 5.41) is 22.4. The summed E-state index contributed by atoms with van der Waals surface area (Å²) in [6, 6.07) is 0.253. The van der Waals surface area contributed by atoms with Gasteiger partial charge in [0.15, 0.2) is 0 Å². The Morgan fingerprint density at radius 2 is 1.95 bits per heavy atom. The van der Waals surface area contributed by atoms with Crippen LogP contribution in [-0.2, 0) is 4.74 Å². The van der Waals surface area contributed by atoms with Crippen LogP contribution in [0.2, 0.25) is 0 Å². The van der Waals surface area contributed by atoms with Crippen molar-refractivity contribution in [3.8, 4) is 0 Å². The van der Waals surface area contributed by atoms with Gasteiger partial charge in [0.1, 0.15) is 0 Å². The molecule has 0 radical (unpaired) electrons. The Morgan fingerprint density at radius 1 is 1.25 bits per heavy atom. The maximum Gasteiger partial charge on any atom is 0.0897 e. The molecule has 0 heterocycles. The number of ether oxygens (including phenoxy) is 1. The topological polar surface area (TPSA) is 61.7 Å². The number of rotatable bonds is 9. The predicted molar refractivity (Wildman–Crippen MR) is 81.7 cm³/mol. The predicted octanol–water partition coefficient (Wildman–Crippen LogP) is 1.94. The van der Waals surface area contributed by atoms with Gasteiger partial charge in [-0.15, -0.1) is 0 Å². The van der Waals surface area contributed by atoms with E-state index in [1.54, 1.807) is 0 Å². The third-order valence-electron chi connectivity index (χ3n) is 4.40. The monoisotopic (exact) mass is 287 g/mol. The molecule has 4 unspecified atom stereocenters. The van der Waals surface area contributed by atoms with Gasteiger partial charge in [-0.3, -0.25) is 0 Å². The highest BCUT2D eigenvalue weighted by atomic mass is 16.5. The van der Waals surface area contributed by atoms with Crippen molar-refractivity contribution >= 4 is 0 Å². The Hall–Kier alpha value is -0.160. The van der Waals surface area contributed by atoms with Crippen LogP contribution in [0.15, 0.2) is 0 Å². The average Bonchev–Trinajstić information content (AvgIpc) is 2.42. The first-order chi connectivity index (χ1) is 9.54. The number of hydrogen-bond donors (Lipinski definition) is 3. The second-order valence-electron chi connectivity index (χ2n) is 6.56. The first kappa shape index (κ1) is 17.9. The Morgan fingerprint density at radius 3 is 2.55 bits per heavy atom. The van der Waals surface area contributed by atoms with Crippen LogP contribution in [0.25, 0.3) is 0 Å². The van der Waals surface area contributed by atoms with Gasteiger partial charge in [-0.2, -0.15) is 0 Å². The second-order valence-corrected chi connectivity index (χ2v) is 6.56. The van der Waals surface area contributed by atoms with Gasteiger partial charge < -0.3 is 20.3 Å². The van der Waals surface area contributed by atoms with Gasteiger partial charge in [0, 0.05) is 19.2 Å². The minimum Gasteiger partial charge on any atom is -0.396 e. The zero-order valence-electron chi connectivity index (χ0n) is 13.3. The van der Waals surface area contributed by atoms with Gasteiger partial charge in [-0.1, -0.05) is 33.6 Å². The molecule has 0 amide bonds. The average molecular weight is 287 g/mol. The third kappa shape index (κ3) is 6.53. The molecule has 0 aromatic carbocycles. The van der Waals surface area contributed by atoms with E-state index in [-0.39, 0.29) is 12.6 Å². The summed E-state index contributed by atoms with van der Waals surface area (Å²) in [7, 11) is 0. The van der Waals surface area contributed by atoms with Crippen molar-refractivity contribution in [2.45, 2.75) is 71.1 Å². The molecule has 0 saturated heterocycles. The summed E-state index contributed by atoms with van der Waals surface area (Å²) in [6.07, 6.45) is 5.49. The summed E-state index contributed by atoms with van der Waals surface area (Å²) in [4.78, 5) is 0. The zero-order chi connectivity index (χ0) is 15.0. The summed E-state index contributed by atoms with van der Waals surface area (Å²) < 4.78 is 5.87. The smallest absolute Gasteiger partial charge is 0.0897 e. The summed E-state index contributed by atoms with van der Waals surface area (Å²) in [5.41, 5.74) is 0. The lowest BCUT2D eigenvalue weighted by atomic mass is 9.88. The van der Waals surface area contributed by atoms with Gasteiger partial charge >= 0.3 is 0 Å². The van der Waals surface area contributed by atoms with Crippen LogP contribution >= 0.6 is 0 Å². The maximum atomic E-state index is 10.0. The molecule has 3 N–H and O–H groups in total. The van der Waals surface area contributed by atoms with Crippen LogP contribution in [0.1, 0.15) is 52.9 Å². The van der Waals surface area contributed by atoms with Crippen molar-refractivity contribution < 1.29 is 14.9 Å². The molecule has 0 bridgehead atoms. The minimum atomic E-state index is -0.468. The highest BCUT2D eigenvalue weighted by Crippen LogP contribution is 2.26. The van der Waals surface area contributed by atoms with Gasteiger partial charge in [-0.25, -0.2) is 0 Å². The molecule has 20 heavy (non-hydrogen) atoms. The van der Waals surface area contributed by atoms with Crippen molar-refractivity contribution in [2.24, 2.45) is 11.8 Å². The maximum absolute atomic E-state index is 10.0. The molecule has 4 heteroatoms. The number of hydrogen-bond acceptors (Lipinski definition) is 4. The SMILES string of the molecule is CC(C)C(CCO)NCC(O)COC1CCCCC1C. The Kier molecular flexibility index (Phi) is 8.69. The van der Waals surface area contributed by atoms with E-state index in [9.17, 15) is 5.11 Å². The molecular weight excluding hydrogens is 254 g/mol. The minimum absolute atomic E-state index is 0.183. The van der Waals surface area contributed by atoms with Crippen LogP contribution in [-0.4, -0.2) is 48.2 Å². The van der Waals surface area contributed by atoms with Crippen molar-refractivity contribution in [1.29, 1.82) is 0 Å². The van der Waals surface area contributed by atoms with E-state index >= 15 is 0 Å². The van der Waals surface area contributed by atoms with E-state index in [1.807, 2.05) is 0 Å². The van der Waals surface area contributed by atoms with Gasteiger partial charge in [0.05, 0.1) is 18.8 Å².